The predicted octanol–water partition coefficient (Wildman–Crippen LogP) is 5.85. The molecular weight excluding hydrogens is 569 g/mol. The van der Waals surface area contributed by atoms with Crippen molar-refractivity contribution in [2.24, 2.45) is 5.73 Å². The number of nitrogens with zero attached hydrogens (tertiary/aromatic N) is 3. The summed E-state index contributed by atoms with van der Waals surface area (Å²) >= 11 is 0. The first-order chi connectivity index (χ1) is 22.0. The Bertz CT molecular complexity index is 2050. The van der Waals surface area contributed by atoms with E-state index in [4.69, 9.17) is 10.5 Å². The average Bonchev–Trinajstić information content (AvgIpc) is 3.49. The van der Waals surface area contributed by atoms with Crippen LogP contribution in [-0.4, -0.2) is 42.7 Å². The highest BCUT2D eigenvalue weighted by atomic mass is 19.1. The number of carbonyl (C=O) groups excluding carboxylic acids is 1. The average molecular weight is 604 g/mol. The Kier molecular flexibility index (Phi) is 6.71. The number of benzene rings is 4. The van der Waals surface area contributed by atoms with E-state index in [-0.39, 0.29) is 35.0 Å². The molecule has 0 spiro atoms. The largest absolute Gasteiger partial charge is 0.451 e. The maximum Gasteiger partial charge on any atom is 0.257 e. The minimum absolute atomic E-state index is 0.0553. The van der Waals surface area contributed by atoms with Gasteiger partial charge >= 0.3 is 0 Å². The monoisotopic (exact) mass is 603 g/mol. The third-order valence-corrected chi connectivity index (χ3v) is 9.38. The molecule has 1 atom stereocenters. The van der Waals surface area contributed by atoms with Crippen LogP contribution in [-0.2, 0) is 6.54 Å². The first-order valence-corrected chi connectivity index (χ1v) is 15.7. The molecule has 0 bridgehead atoms. The van der Waals surface area contributed by atoms with Gasteiger partial charge in [0.1, 0.15) is 16.8 Å². The number of carbonyl (C=O) groups is 1. The van der Waals surface area contributed by atoms with Crippen LogP contribution in [0.25, 0.3) is 27.4 Å². The number of hydrogen-bond donors (Lipinski definition) is 2. The van der Waals surface area contributed by atoms with Crippen LogP contribution in [0.1, 0.15) is 41.6 Å². The number of pyridine rings is 1. The van der Waals surface area contributed by atoms with Crippen LogP contribution in [0.2, 0.25) is 0 Å². The highest BCUT2D eigenvalue weighted by Gasteiger charge is 2.33. The van der Waals surface area contributed by atoms with Crippen LogP contribution in [0.15, 0.2) is 77.7 Å². The molecule has 0 radical (unpaired) electrons. The fourth-order valence-corrected chi connectivity index (χ4v) is 7.11. The Morgan fingerprint density at radius 3 is 2.47 bits per heavy atom. The van der Waals surface area contributed by atoms with Crippen molar-refractivity contribution in [3.63, 3.8) is 0 Å². The van der Waals surface area contributed by atoms with E-state index in [9.17, 15) is 9.59 Å². The molecule has 8 rings (SSSR count). The van der Waals surface area contributed by atoms with Gasteiger partial charge in [-0.05, 0) is 66.3 Å². The number of anilines is 2. The minimum Gasteiger partial charge on any atom is -0.451 e. The summed E-state index contributed by atoms with van der Waals surface area (Å²) in [5, 5.41) is 5.02. The molecule has 9 heteroatoms. The smallest absolute Gasteiger partial charge is 0.257 e. The van der Waals surface area contributed by atoms with Crippen LogP contribution in [0, 0.1) is 5.82 Å². The molecule has 4 aromatic carbocycles. The third-order valence-electron chi connectivity index (χ3n) is 9.38. The molecule has 1 unspecified atom stereocenters. The second-order valence-corrected chi connectivity index (χ2v) is 12.3. The molecule has 3 N–H and O–H groups in total. The summed E-state index contributed by atoms with van der Waals surface area (Å²) in [4.78, 5) is 32.0. The number of ether oxygens (including phenoxy) is 1. The number of piperidine rings is 1. The molecule has 1 aromatic heterocycles. The minimum atomic E-state index is -0.576. The van der Waals surface area contributed by atoms with Crippen LogP contribution in [0.5, 0.6) is 11.5 Å². The van der Waals surface area contributed by atoms with E-state index in [1.165, 1.54) is 12.5 Å². The second kappa shape index (κ2) is 10.9. The van der Waals surface area contributed by atoms with Gasteiger partial charge in [-0.15, -0.1) is 0 Å². The zero-order chi connectivity index (χ0) is 30.7. The Morgan fingerprint density at radius 2 is 1.69 bits per heavy atom. The van der Waals surface area contributed by atoms with Gasteiger partial charge in [0.05, 0.1) is 11.1 Å². The van der Waals surface area contributed by atoms with Crippen molar-refractivity contribution < 1.29 is 13.9 Å². The number of aromatic nitrogens is 1. The van der Waals surface area contributed by atoms with E-state index in [0.29, 0.717) is 30.0 Å². The first kappa shape index (κ1) is 27.6. The van der Waals surface area contributed by atoms with E-state index >= 15 is 4.39 Å². The van der Waals surface area contributed by atoms with Gasteiger partial charge in [-0.1, -0.05) is 42.5 Å². The predicted molar refractivity (Wildman–Crippen MR) is 176 cm³/mol. The lowest BCUT2D eigenvalue weighted by Crippen LogP contribution is -2.33. The molecule has 2 fully saturated rings. The summed E-state index contributed by atoms with van der Waals surface area (Å²) < 4.78 is 24.3. The summed E-state index contributed by atoms with van der Waals surface area (Å²) in [6.45, 7) is 3.29. The van der Waals surface area contributed by atoms with Crippen LogP contribution < -0.4 is 31.0 Å². The zero-order valence-electron chi connectivity index (χ0n) is 24.9. The molecular formula is C36H34FN5O3. The lowest BCUT2D eigenvalue weighted by atomic mass is 10.0. The van der Waals surface area contributed by atoms with Gasteiger partial charge in [-0.25, -0.2) is 4.39 Å². The lowest BCUT2D eigenvalue weighted by Gasteiger charge is -2.30. The Hall–Kier alpha value is -4.89. The Labute approximate surface area is 259 Å². The van der Waals surface area contributed by atoms with E-state index in [1.54, 1.807) is 6.20 Å². The van der Waals surface area contributed by atoms with Crippen molar-refractivity contribution in [2.75, 3.05) is 36.0 Å². The quantitative estimate of drug-likeness (QED) is 0.257. The van der Waals surface area contributed by atoms with Gasteiger partial charge in [-0.3, -0.25) is 9.59 Å². The van der Waals surface area contributed by atoms with Crippen molar-refractivity contribution in [1.82, 2.24) is 9.88 Å². The summed E-state index contributed by atoms with van der Waals surface area (Å²) in [6, 6.07) is 21.0. The number of nitrogens with two attached hydrogens (primary N) is 1. The number of halogens is 1. The number of nitrogens with one attached hydrogen (secondary N) is 1. The van der Waals surface area contributed by atoms with Crippen molar-refractivity contribution in [3.05, 3.63) is 100 Å². The normalized spacial score (nSPS) is 17.4. The molecule has 3 aliphatic rings. The first-order valence-electron chi connectivity index (χ1n) is 15.7. The van der Waals surface area contributed by atoms with Crippen molar-refractivity contribution in [3.8, 4) is 17.2 Å². The van der Waals surface area contributed by atoms with Gasteiger partial charge in [-0.2, -0.15) is 0 Å². The molecule has 8 nitrogen and oxygen atoms in total. The third kappa shape index (κ3) is 4.69. The molecule has 3 aliphatic heterocycles. The van der Waals surface area contributed by atoms with E-state index < -0.39 is 17.2 Å². The number of rotatable bonds is 5. The number of para-hydroxylation sites is 1. The van der Waals surface area contributed by atoms with Crippen molar-refractivity contribution in [2.45, 2.75) is 38.3 Å². The molecule has 228 valence electrons. The SMILES string of the molecule is NC1CCN(c2c(F)cc3c(=O)c(C(=O)NCc4ccccc4N4CCCCC4)cn4c3c2Oc2cc3ccccc3cc2-4)C1. The van der Waals surface area contributed by atoms with Crippen LogP contribution >= 0.6 is 0 Å². The maximum atomic E-state index is 16.0. The summed E-state index contributed by atoms with van der Waals surface area (Å²) in [6.07, 6.45) is 5.81. The fraction of sp³-hybridized carbons (Fsp3) is 0.278. The molecule has 2 saturated heterocycles. The highest BCUT2D eigenvalue weighted by molar-refractivity contribution is 6.02. The fourth-order valence-electron chi connectivity index (χ4n) is 7.11. The zero-order valence-corrected chi connectivity index (χ0v) is 24.9. The van der Waals surface area contributed by atoms with Gasteiger partial charge in [0.15, 0.2) is 17.3 Å². The molecule has 0 saturated carbocycles. The summed E-state index contributed by atoms with van der Waals surface area (Å²) in [5.41, 5.74) is 9.08. The molecule has 1 amide bonds. The van der Waals surface area contributed by atoms with Crippen LogP contribution in [0.4, 0.5) is 15.8 Å². The van der Waals surface area contributed by atoms with Crippen molar-refractivity contribution in [1.29, 1.82) is 0 Å². The number of amides is 1. The second-order valence-electron chi connectivity index (χ2n) is 12.3. The number of fused-ring (bicyclic) bond motifs is 3. The number of hydrogen-bond acceptors (Lipinski definition) is 6. The Morgan fingerprint density at radius 1 is 0.933 bits per heavy atom. The highest BCUT2D eigenvalue weighted by Crippen LogP contribution is 2.48. The summed E-state index contributed by atoms with van der Waals surface area (Å²) in [5.74, 6) is -0.304. The molecule has 0 aliphatic carbocycles. The van der Waals surface area contributed by atoms with Gasteiger partial charge in [0, 0.05) is 50.6 Å². The maximum absolute atomic E-state index is 16.0. The van der Waals surface area contributed by atoms with E-state index in [1.807, 2.05) is 64.1 Å². The lowest BCUT2D eigenvalue weighted by molar-refractivity contribution is 0.0949. The van der Waals surface area contributed by atoms with E-state index in [2.05, 4.69) is 16.3 Å². The van der Waals surface area contributed by atoms with Gasteiger partial charge < -0.3 is 30.2 Å². The van der Waals surface area contributed by atoms with Crippen LogP contribution in [0.3, 0.4) is 0 Å². The molecule has 45 heavy (non-hydrogen) atoms. The van der Waals surface area contributed by atoms with Gasteiger partial charge in [0.2, 0.25) is 5.43 Å². The standard InChI is InChI=1S/C36H34FN5O3/c37-28-18-26-32-35(33(28)41-15-12-25(38)20-41)45-31-17-23-9-3-2-8-22(23)16-30(31)42(32)21-27(34(26)43)36(44)39-19-24-10-4-5-11-29(24)40-13-6-1-7-14-40/h2-5,8-11,16-18,21,25H,1,6-7,12-15,19-20,38H2,(H,39,44). The van der Waals surface area contributed by atoms with Crippen molar-refractivity contribution >= 4 is 39.0 Å². The molecule has 4 heterocycles. The molecule has 5 aromatic rings. The Balaban J connectivity index is 1.25. The summed E-state index contributed by atoms with van der Waals surface area (Å²) in [7, 11) is 0. The van der Waals surface area contributed by atoms with Gasteiger partial charge in [0.25, 0.3) is 5.91 Å². The topological polar surface area (TPSA) is 92.8 Å². The van der Waals surface area contributed by atoms with E-state index in [0.717, 1.165) is 54.4 Å².